The molecule has 0 aliphatic heterocycles. The molecule has 0 saturated heterocycles. The highest BCUT2D eigenvalue weighted by molar-refractivity contribution is 14.0. The number of nitrogens with zero attached hydrogens (tertiary/aromatic N) is 2. The van der Waals surface area contributed by atoms with Crippen molar-refractivity contribution in [2.75, 3.05) is 0 Å². The van der Waals surface area contributed by atoms with Crippen LogP contribution in [0, 0.1) is 10.1 Å². The maximum Gasteiger partial charge on any atom is 0.270 e. The van der Waals surface area contributed by atoms with Crippen molar-refractivity contribution in [3.63, 3.8) is 0 Å². The number of nitro groups is 1. The molecule has 0 amide bonds. The largest absolute Gasteiger partial charge is 0.370 e. The van der Waals surface area contributed by atoms with Crippen molar-refractivity contribution in [1.82, 2.24) is 5.32 Å². The Hall–Kier alpha value is -1.09. The fourth-order valence-electron chi connectivity index (χ4n) is 1.37. The molecule has 1 aromatic rings. The normalized spacial score (nSPS) is 11.7. The van der Waals surface area contributed by atoms with Crippen LogP contribution in [0.1, 0.15) is 26.3 Å². The van der Waals surface area contributed by atoms with Gasteiger partial charge in [-0.25, -0.2) is 4.99 Å². The first-order valence-electron chi connectivity index (χ1n) is 5.70. The second kappa shape index (κ2) is 7.63. The number of hydrogen-bond donors (Lipinski definition) is 2. The lowest BCUT2D eigenvalue weighted by atomic mass is 10.1. The molecule has 112 valence electrons. The van der Waals surface area contributed by atoms with Gasteiger partial charge in [-0.2, -0.15) is 0 Å². The van der Waals surface area contributed by atoms with Gasteiger partial charge in [0.1, 0.15) is 0 Å². The zero-order valence-electron chi connectivity index (χ0n) is 11.5. The molecule has 0 aromatic heterocycles. The summed E-state index contributed by atoms with van der Waals surface area (Å²) in [6.45, 7) is 6.17. The van der Waals surface area contributed by atoms with Crippen molar-refractivity contribution in [3.05, 3.63) is 38.9 Å². The van der Waals surface area contributed by atoms with E-state index in [1.807, 2.05) is 20.8 Å². The second-order valence-corrected chi connectivity index (χ2v) is 5.52. The van der Waals surface area contributed by atoms with E-state index in [4.69, 9.17) is 17.3 Å². The molecule has 0 atom stereocenters. The Bertz CT molecular complexity index is 515. The van der Waals surface area contributed by atoms with Crippen LogP contribution >= 0.6 is 35.6 Å². The highest BCUT2D eigenvalue weighted by Gasteiger charge is 2.11. The summed E-state index contributed by atoms with van der Waals surface area (Å²) in [6.07, 6.45) is 0. The van der Waals surface area contributed by atoms with Gasteiger partial charge in [-0.15, -0.1) is 24.0 Å². The van der Waals surface area contributed by atoms with Crippen LogP contribution in [0.15, 0.2) is 23.2 Å². The molecule has 6 nitrogen and oxygen atoms in total. The number of halogens is 2. The predicted molar refractivity (Wildman–Crippen MR) is 91.7 cm³/mol. The third kappa shape index (κ3) is 6.38. The lowest BCUT2D eigenvalue weighted by Crippen LogP contribution is -2.44. The van der Waals surface area contributed by atoms with Crippen LogP contribution in [0.25, 0.3) is 0 Å². The summed E-state index contributed by atoms with van der Waals surface area (Å²) >= 11 is 5.96. The summed E-state index contributed by atoms with van der Waals surface area (Å²) in [5.41, 5.74) is 6.19. The molecule has 1 rings (SSSR count). The average Bonchev–Trinajstić information content (AvgIpc) is 2.24. The van der Waals surface area contributed by atoms with Crippen LogP contribution in [0.4, 0.5) is 5.69 Å². The van der Waals surface area contributed by atoms with Crippen LogP contribution in [-0.4, -0.2) is 16.4 Å². The number of guanidine groups is 1. The molecule has 0 unspecified atom stereocenters. The highest BCUT2D eigenvalue weighted by Crippen LogP contribution is 2.22. The monoisotopic (exact) mass is 412 g/mol. The van der Waals surface area contributed by atoms with Crippen LogP contribution in [0.5, 0.6) is 0 Å². The van der Waals surface area contributed by atoms with Crippen molar-refractivity contribution in [3.8, 4) is 0 Å². The van der Waals surface area contributed by atoms with E-state index in [-0.39, 0.29) is 41.7 Å². The van der Waals surface area contributed by atoms with E-state index in [0.29, 0.717) is 16.5 Å². The minimum absolute atomic E-state index is 0. The number of nitro benzene ring substituents is 1. The third-order valence-electron chi connectivity index (χ3n) is 2.17. The van der Waals surface area contributed by atoms with Gasteiger partial charge in [0.05, 0.1) is 16.5 Å². The molecule has 0 aliphatic carbocycles. The Balaban J connectivity index is 0.00000361. The minimum Gasteiger partial charge on any atom is -0.370 e. The van der Waals surface area contributed by atoms with E-state index >= 15 is 0 Å². The summed E-state index contributed by atoms with van der Waals surface area (Å²) in [5, 5.41) is 13.9. The SMILES string of the molecule is CC(C)(C)NC(N)=NCc1ccc([N+](=O)[O-])cc1Cl.I. The smallest absolute Gasteiger partial charge is 0.270 e. The van der Waals surface area contributed by atoms with Gasteiger partial charge >= 0.3 is 0 Å². The van der Waals surface area contributed by atoms with E-state index in [1.54, 1.807) is 6.07 Å². The molecule has 3 N–H and O–H groups in total. The summed E-state index contributed by atoms with van der Waals surface area (Å²) in [7, 11) is 0. The number of non-ortho nitro benzene ring substituents is 1. The molecule has 0 saturated carbocycles. The topological polar surface area (TPSA) is 93.5 Å². The fraction of sp³-hybridized carbons (Fsp3) is 0.417. The van der Waals surface area contributed by atoms with Gasteiger partial charge in [0.15, 0.2) is 5.96 Å². The minimum atomic E-state index is -0.492. The van der Waals surface area contributed by atoms with Gasteiger partial charge < -0.3 is 11.1 Å². The van der Waals surface area contributed by atoms with Crippen molar-refractivity contribution in [2.24, 2.45) is 10.7 Å². The van der Waals surface area contributed by atoms with Crippen molar-refractivity contribution in [1.29, 1.82) is 0 Å². The van der Waals surface area contributed by atoms with E-state index in [9.17, 15) is 10.1 Å². The van der Waals surface area contributed by atoms with E-state index in [0.717, 1.165) is 0 Å². The third-order valence-corrected chi connectivity index (χ3v) is 2.52. The van der Waals surface area contributed by atoms with Crippen LogP contribution in [0.3, 0.4) is 0 Å². The molecule has 8 heteroatoms. The molecule has 0 bridgehead atoms. The van der Waals surface area contributed by atoms with Crippen molar-refractivity contribution >= 4 is 47.2 Å². The van der Waals surface area contributed by atoms with Crippen molar-refractivity contribution in [2.45, 2.75) is 32.9 Å². The van der Waals surface area contributed by atoms with Gasteiger partial charge in [-0.3, -0.25) is 10.1 Å². The number of hydrogen-bond acceptors (Lipinski definition) is 3. The summed E-state index contributed by atoms with van der Waals surface area (Å²) in [4.78, 5) is 14.2. The van der Waals surface area contributed by atoms with Crippen LogP contribution in [0.2, 0.25) is 5.02 Å². The van der Waals surface area contributed by atoms with E-state index in [2.05, 4.69) is 10.3 Å². The molecular weight excluding hydrogens is 395 g/mol. The molecule has 0 aliphatic rings. The van der Waals surface area contributed by atoms with Gasteiger partial charge in [0.2, 0.25) is 0 Å². The Morgan fingerprint density at radius 1 is 1.50 bits per heavy atom. The molecule has 0 spiro atoms. The van der Waals surface area contributed by atoms with Gasteiger partial charge in [0, 0.05) is 17.7 Å². The van der Waals surface area contributed by atoms with E-state index in [1.165, 1.54) is 12.1 Å². The maximum atomic E-state index is 10.6. The lowest BCUT2D eigenvalue weighted by Gasteiger charge is -2.21. The summed E-state index contributed by atoms with van der Waals surface area (Å²) < 4.78 is 0. The first kappa shape index (κ1) is 18.9. The van der Waals surface area contributed by atoms with Gasteiger partial charge in [-0.1, -0.05) is 11.6 Å². The maximum absolute atomic E-state index is 10.6. The average molecular weight is 413 g/mol. The number of nitrogens with one attached hydrogen (secondary N) is 1. The number of aliphatic imine (C=N–C) groups is 1. The number of rotatable bonds is 3. The van der Waals surface area contributed by atoms with Crippen LogP contribution in [-0.2, 0) is 6.54 Å². The lowest BCUT2D eigenvalue weighted by molar-refractivity contribution is -0.384. The zero-order valence-corrected chi connectivity index (χ0v) is 14.6. The van der Waals surface area contributed by atoms with E-state index < -0.39 is 4.92 Å². The Morgan fingerprint density at radius 3 is 2.55 bits per heavy atom. The predicted octanol–water partition coefficient (Wildman–Crippen LogP) is 3.07. The zero-order chi connectivity index (χ0) is 14.6. The molecule has 20 heavy (non-hydrogen) atoms. The molecule has 0 heterocycles. The first-order valence-corrected chi connectivity index (χ1v) is 6.08. The van der Waals surface area contributed by atoms with Gasteiger partial charge in [-0.05, 0) is 32.4 Å². The first-order chi connectivity index (χ1) is 8.69. The number of benzene rings is 1. The Labute approximate surface area is 140 Å². The Kier molecular flexibility index (Phi) is 7.21. The molecule has 0 radical (unpaired) electrons. The standard InChI is InChI=1S/C12H17ClN4O2.HI/c1-12(2,3)16-11(14)15-7-8-4-5-9(17(18)19)6-10(8)13;/h4-6H,7H2,1-3H3,(H3,14,15,16);1H. The molecular formula is C12H18ClIN4O2. The summed E-state index contributed by atoms with van der Waals surface area (Å²) in [6, 6.07) is 4.28. The highest BCUT2D eigenvalue weighted by atomic mass is 127. The summed E-state index contributed by atoms with van der Waals surface area (Å²) in [5.74, 6) is 0.307. The van der Waals surface area contributed by atoms with Gasteiger partial charge in [0.25, 0.3) is 5.69 Å². The quantitative estimate of drug-likeness (QED) is 0.262. The van der Waals surface area contributed by atoms with Crippen molar-refractivity contribution < 1.29 is 4.92 Å². The Morgan fingerprint density at radius 2 is 2.10 bits per heavy atom. The molecule has 0 fully saturated rings. The fourth-order valence-corrected chi connectivity index (χ4v) is 1.61. The second-order valence-electron chi connectivity index (χ2n) is 5.11. The number of nitrogens with two attached hydrogens (primary N) is 1. The van der Waals surface area contributed by atoms with Crippen LogP contribution < -0.4 is 11.1 Å². The molecule has 1 aromatic carbocycles.